The van der Waals surface area contributed by atoms with E-state index in [1.165, 1.54) is 0 Å². The molecule has 0 aliphatic carbocycles. The smallest absolute Gasteiger partial charge is 0.261 e. The fraction of sp³-hybridized carbons (Fsp3) is 0.550. The zero-order valence-corrected chi connectivity index (χ0v) is 33.0. The molecule has 6 atom stereocenters. The Kier molecular flexibility index (Phi) is 18.8. The lowest BCUT2D eigenvalue weighted by Gasteiger charge is -2.28. The summed E-state index contributed by atoms with van der Waals surface area (Å²) in [6.45, 7) is 14.8. The van der Waals surface area contributed by atoms with Crippen LogP contribution >= 0.6 is 0 Å². The van der Waals surface area contributed by atoms with Crippen molar-refractivity contribution in [3.63, 3.8) is 0 Å². The topological polar surface area (TPSA) is 227 Å². The Bertz CT molecular complexity index is 1410. The predicted molar refractivity (Wildman–Crippen MR) is 209 cm³/mol. The average molecular weight is 751 g/mol. The van der Waals surface area contributed by atoms with Crippen molar-refractivity contribution in [3.8, 4) is 0 Å². The zero-order chi connectivity index (χ0) is 40.5. The Morgan fingerprint density at radius 3 is 1.06 bits per heavy atom. The van der Waals surface area contributed by atoms with Crippen LogP contribution in [0.25, 0.3) is 0 Å². The van der Waals surface area contributed by atoms with E-state index in [0.717, 1.165) is 11.1 Å². The number of hydrazine groups is 1. The summed E-state index contributed by atoms with van der Waals surface area (Å²) in [5.74, 6) is -3.95. The quantitative estimate of drug-likeness (QED) is 0.0926. The van der Waals surface area contributed by atoms with E-state index in [1.807, 2.05) is 39.8 Å². The Labute approximate surface area is 320 Å². The molecular formula is C40H62N8O6. The van der Waals surface area contributed by atoms with Crippen LogP contribution in [-0.2, 0) is 41.6 Å². The summed E-state index contributed by atoms with van der Waals surface area (Å²) in [7, 11) is 0. The van der Waals surface area contributed by atoms with Gasteiger partial charge < -0.3 is 32.7 Å². The summed E-state index contributed by atoms with van der Waals surface area (Å²) < 4.78 is 0. The third kappa shape index (κ3) is 15.7. The first-order valence-corrected chi connectivity index (χ1v) is 18.8. The Hall–Kier alpha value is -4.82. The summed E-state index contributed by atoms with van der Waals surface area (Å²) in [4.78, 5) is 80.3. The van der Waals surface area contributed by atoms with Crippen LogP contribution in [0.2, 0.25) is 0 Å². The molecule has 0 spiro atoms. The summed E-state index contributed by atoms with van der Waals surface area (Å²) in [6.07, 6.45) is 1.00. The van der Waals surface area contributed by atoms with Gasteiger partial charge in [0.05, 0.1) is 12.1 Å². The molecule has 0 bridgehead atoms. The number of hydrogen-bond acceptors (Lipinski definition) is 8. The second-order valence-corrected chi connectivity index (χ2v) is 15.4. The summed E-state index contributed by atoms with van der Waals surface area (Å²) in [5.41, 5.74) is 18.4. The largest absolute Gasteiger partial charge is 0.343 e. The van der Waals surface area contributed by atoms with Crippen LogP contribution in [0, 0.1) is 23.7 Å². The van der Waals surface area contributed by atoms with Crippen LogP contribution in [0.5, 0.6) is 0 Å². The molecule has 14 heteroatoms. The van der Waals surface area contributed by atoms with Crippen LogP contribution in [0.4, 0.5) is 0 Å². The molecule has 0 aliphatic rings. The SMILES string of the molecule is CC(C)C[C@@H](N)C(=O)N[C@@H](C(=O)N[C@H](Cc1ccccc1)C(=O)NNC(=O)[C@@H](Cc1ccccc1)NC(=O)[C@H](NC(=O)[C@H](N)CC(C)C)C(C)C)C(C)C. The fourth-order valence-corrected chi connectivity index (χ4v) is 5.76. The maximum Gasteiger partial charge on any atom is 0.261 e. The Morgan fingerprint density at radius 2 is 0.778 bits per heavy atom. The van der Waals surface area contributed by atoms with E-state index in [1.54, 1.807) is 76.2 Å². The molecule has 0 heterocycles. The maximum absolute atomic E-state index is 13.7. The monoisotopic (exact) mass is 750 g/mol. The lowest BCUT2D eigenvalue weighted by molar-refractivity contribution is -0.136. The van der Waals surface area contributed by atoms with E-state index in [9.17, 15) is 28.8 Å². The van der Waals surface area contributed by atoms with Crippen LogP contribution in [0.3, 0.4) is 0 Å². The first-order chi connectivity index (χ1) is 25.4. The Morgan fingerprint density at radius 1 is 0.463 bits per heavy atom. The second kappa shape index (κ2) is 22.4. The van der Waals surface area contributed by atoms with Gasteiger partial charge in [-0.05, 0) is 47.6 Å². The molecule has 0 unspecified atom stereocenters. The van der Waals surface area contributed by atoms with Crippen molar-refractivity contribution in [2.24, 2.45) is 35.1 Å². The number of amides is 6. The number of carbonyl (C=O) groups excluding carboxylic acids is 6. The molecule has 6 amide bonds. The van der Waals surface area contributed by atoms with Gasteiger partial charge in [0, 0.05) is 12.8 Å². The van der Waals surface area contributed by atoms with Gasteiger partial charge in [0.1, 0.15) is 24.2 Å². The maximum atomic E-state index is 13.7. The molecule has 10 N–H and O–H groups in total. The summed E-state index contributed by atoms with van der Waals surface area (Å²) >= 11 is 0. The fourth-order valence-electron chi connectivity index (χ4n) is 5.76. The van der Waals surface area contributed by atoms with E-state index in [-0.39, 0.29) is 36.5 Å². The van der Waals surface area contributed by atoms with Gasteiger partial charge in [0.2, 0.25) is 23.6 Å². The minimum Gasteiger partial charge on any atom is -0.343 e. The molecule has 2 aromatic carbocycles. The van der Waals surface area contributed by atoms with Gasteiger partial charge in [0.15, 0.2) is 0 Å². The van der Waals surface area contributed by atoms with Crippen molar-refractivity contribution >= 4 is 35.4 Å². The van der Waals surface area contributed by atoms with Gasteiger partial charge in [-0.2, -0.15) is 0 Å². The first-order valence-electron chi connectivity index (χ1n) is 18.8. The number of nitrogens with two attached hydrogens (primary N) is 2. The number of benzene rings is 2. The van der Waals surface area contributed by atoms with Crippen molar-refractivity contribution in [2.75, 3.05) is 0 Å². The van der Waals surface area contributed by atoms with Gasteiger partial charge in [-0.1, -0.05) is 116 Å². The molecule has 2 aromatic rings. The van der Waals surface area contributed by atoms with Crippen LogP contribution < -0.4 is 43.6 Å². The van der Waals surface area contributed by atoms with Gasteiger partial charge in [0.25, 0.3) is 11.8 Å². The molecule has 0 radical (unpaired) electrons. The molecular weight excluding hydrogens is 688 g/mol. The van der Waals surface area contributed by atoms with Crippen molar-refractivity contribution in [1.29, 1.82) is 0 Å². The summed E-state index contributed by atoms with van der Waals surface area (Å²) in [5, 5.41) is 10.9. The van der Waals surface area contributed by atoms with Crippen LogP contribution in [0.1, 0.15) is 79.4 Å². The standard InChI is InChI=1S/C40H62N8O6/c1-23(2)19-29(41)35(49)45-33(25(5)6)39(53)43-31(21-27-15-11-9-12-16-27)37(51)47-48-38(52)32(22-28-17-13-10-14-18-28)44-40(54)34(26(7)8)46-36(50)30(42)20-24(3)4/h9-18,23-26,29-34H,19-22,41-42H2,1-8H3,(H,43,53)(H,44,54)(H,45,49)(H,46,50)(H,47,51)(H,48,52)/t29-,30-,31-,32-,33-,34-/m1/s1. The van der Waals surface area contributed by atoms with Crippen molar-refractivity contribution in [3.05, 3.63) is 71.8 Å². The predicted octanol–water partition coefficient (Wildman–Crippen LogP) is 1.62. The van der Waals surface area contributed by atoms with E-state index < -0.39 is 71.7 Å². The molecule has 14 nitrogen and oxygen atoms in total. The van der Waals surface area contributed by atoms with E-state index in [2.05, 4.69) is 32.1 Å². The molecule has 0 saturated heterocycles. The lowest BCUT2D eigenvalue weighted by atomic mass is 9.99. The number of rotatable bonds is 20. The third-order valence-electron chi connectivity index (χ3n) is 8.76. The lowest BCUT2D eigenvalue weighted by Crippen LogP contribution is -2.61. The normalized spacial score (nSPS) is 14.7. The van der Waals surface area contributed by atoms with Gasteiger partial charge in [-0.15, -0.1) is 0 Å². The number of nitrogens with one attached hydrogen (secondary N) is 6. The minimum atomic E-state index is -1.17. The van der Waals surface area contributed by atoms with E-state index >= 15 is 0 Å². The van der Waals surface area contributed by atoms with Crippen molar-refractivity contribution in [1.82, 2.24) is 32.1 Å². The zero-order valence-electron chi connectivity index (χ0n) is 33.0. The van der Waals surface area contributed by atoms with Crippen LogP contribution in [-0.4, -0.2) is 71.7 Å². The molecule has 54 heavy (non-hydrogen) atoms. The Balaban J connectivity index is 2.28. The molecule has 2 rings (SSSR count). The highest BCUT2D eigenvalue weighted by atomic mass is 16.2. The summed E-state index contributed by atoms with van der Waals surface area (Å²) in [6, 6.07) is 12.1. The van der Waals surface area contributed by atoms with Gasteiger partial charge >= 0.3 is 0 Å². The number of carbonyl (C=O) groups is 6. The van der Waals surface area contributed by atoms with E-state index in [0.29, 0.717) is 12.8 Å². The molecule has 0 saturated carbocycles. The minimum absolute atomic E-state index is 0.0683. The highest BCUT2D eigenvalue weighted by Crippen LogP contribution is 2.11. The molecule has 298 valence electrons. The number of hydrogen-bond donors (Lipinski definition) is 8. The highest BCUT2D eigenvalue weighted by molar-refractivity contribution is 5.96. The van der Waals surface area contributed by atoms with Crippen molar-refractivity contribution in [2.45, 2.75) is 117 Å². The highest BCUT2D eigenvalue weighted by Gasteiger charge is 2.33. The van der Waals surface area contributed by atoms with E-state index in [4.69, 9.17) is 11.5 Å². The molecule has 0 aliphatic heterocycles. The average Bonchev–Trinajstić information content (AvgIpc) is 3.10. The third-order valence-corrected chi connectivity index (χ3v) is 8.76. The second-order valence-electron chi connectivity index (χ2n) is 15.4. The molecule has 0 fully saturated rings. The van der Waals surface area contributed by atoms with Crippen LogP contribution in [0.15, 0.2) is 60.7 Å². The molecule has 0 aromatic heterocycles. The van der Waals surface area contributed by atoms with Gasteiger partial charge in [-0.3, -0.25) is 39.6 Å². The van der Waals surface area contributed by atoms with Gasteiger partial charge in [-0.25, -0.2) is 0 Å². The van der Waals surface area contributed by atoms with Crippen molar-refractivity contribution < 1.29 is 28.8 Å². The first kappa shape index (κ1) is 45.3.